The summed E-state index contributed by atoms with van der Waals surface area (Å²) in [6, 6.07) is 0. The van der Waals surface area contributed by atoms with E-state index in [1.807, 2.05) is 12.4 Å². The zero-order valence-electron chi connectivity index (χ0n) is 8.82. The van der Waals surface area contributed by atoms with Gasteiger partial charge in [-0.15, -0.1) is 0 Å². The molecule has 0 aromatic carbocycles. The third kappa shape index (κ3) is 2.64. The third-order valence-electron chi connectivity index (χ3n) is 2.52. The minimum atomic E-state index is 0.649. The lowest BCUT2D eigenvalue weighted by Crippen LogP contribution is -2.44. The molecule has 2 rings (SSSR count). The molecule has 0 atom stereocenters. The quantitative estimate of drug-likeness (QED) is 0.692. The molecule has 0 unspecified atom stereocenters. The lowest BCUT2D eigenvalue weighted by Gasteiger charge is -2.27. The van der Waals surface area contributed by atoms with Gasteiger partial charge in [0.2, 0.25) is 5.95 Å². The zero-order chi connectivity index (χ0) is 10.5. The Kier molecular flexibility index (Phi) is 3.47. The number of nitrogens with zero attached hydrogens (tertiary/aromatic N) is 3. The zero-order valence-corrected chi connectivity index (χ0v) is 8.82. The molecule has 1 aromatic heterocycles. The van der Waals surface area contributed by atoms with E-state index in [2.05, 4.69) is 20.2 Å². The van der Waals surface area contributed by atoms with E-state index in [9.17, 15) is 0 Å². The van der Waals surface area contributed by atoms with E-state index in [0.717, 1.165) is 44.1 Å². The molecule has 5 heteroatoms. The van der Waals surface area contributed by atoms with Gasteiger partial charge in [0.05, 0.1) is 0 Å². The first-order chi connectivity index (χ1) is 7.40. The average molecular weight is 207 g/mol. The van der Waals surface area contributed by atoms with Crippen LogP contribution in [-0.4, -0.2) is 42.7 Å². The molecule has 0 aliphatic carbocycles. The van der Waals surface area contributed by atoms with Crippen molar-refractivity contribution in [3.8, 4) is 0 Å². The molecule has 0 spiro atoms. The van der Waals surface area contributed by atoms with Crippen LogP contribution in [0.5, 0.6) is 0 Å². The lowest BCUT2D eigenvalue weighted by atomic mass is 10.2. The average Bonchev–Trinajstić information content (AvgIpc) is 2.32. The van der Waals surface area contributed by atoms with E-state index in [0.29, 0.717) is 6.54 Å². The van der Waals surface area contributed by atoms with E-state index >= 15 is 0 Å². The molecular weight excluding hydrogens is 190 g/mol. The number of aromatic nitrogens is 2. The maximum absolute atomic E-state index is 5.47. The first kappa shape index (κ1) is 10.3. The Morgan fingerprint density at radius 1 is 1.27 bits per heavy atom. The number of hydrogen-bond acceptors (Lipinski definition) is 5. The predicted molar refractivity (Wildman–Crippen MR) is 59.9 cm³/mol. The molecule has 0 saturated carbocycles. The van der Waals surface area contributed by atoms with Crippen molar-refractivity contribution in [3.63, 3.8) is 0 Å². The van der Waals surface area contributed by atoms with Crippen LogP contribution in [0.25, 0.3) is 0 Å². The van der Waals surface area contributed by atoms with Gasteiger partial charge < -0.3 is 16.0 Å². The summed E-state index contributed by atoms with van der Waals surface area (Å²) in [4.78, 5) is 10.9. The number of nitrogens with one attached hydrogen (secondary N) is 1. The summed E-state index contributed by atoms with van der Waals surface area (Å²) in [5.74, 6) is 0.831. The van der Waals surface area contributed by atoms with Crippen LogP contribution in [0.3, 0.4) is 0 Å². The van der Waals surface area contributed by atoms with E-state index in [1.54, 1.807) is 0 Å². The van der Waals surface area contributed by atoms with E-state index < -0.39 is 0 Å². The van der Waals surface area contributed by atoms with E-state index in [4.69, 9.17) is 5.73 Å². The highest BCUT2D eigenvalue weighted by Gasteiger charge is 2.12. The molecule has 3 N–H and O–H groups in total. The molecule has 1 fully saturated rings. The van der Waals surface area contributed by atoms with Crippen LogP contribution in [0.2, 0.25) is 0 Å². The highest BCUT2D eigenvalue weighted by atomic mass is 15.3. The first-order valence-electron chi connectivity index (χ1n) is 5.37. The van der Waals surface area contributed by atoms with Crippen molar-refractivity contribution in [1.29, 1.82) is 0 Å². The van der Waals surface area contributed by atoms with Crippen LogP contribution in [0.1, 0.15) is 5.56 Å². The van der Waals surface area contributed by atoms with E-state index in [-0.39, 0.29) is 0 Å². The van der Waals surface area contributed by atoms with E-state index in [1.165, 1.54) is 0 Å². The van der Waals surface area contributed by atoms with Crippen molar-refractivity contribution in [2.75, 3.05) is 37.6 Å². The van der Waals surface area contributed by atoms with Crippen LogP contribution in [0.4, 0.5) is 5.95 Å². The summed E-state index contributed by atoms with van der Waals surface area (Å²) in [5, 5.41) is 3.30. The van der Waals surface area contributed by atoms with Gasteiger partial charge in [0.1, 0.15) is 0 Å². The van der Waals surface area contributed by atoms with Crippen LogP contribution in [0, 0.1) is 0 Å². The molecule has 0 bridgehead atoms. The van der Waals surface area contributed by atoms with Crippen LogP contribution >= 0.6 is 0 Å². The molecule has 82 valence electrons. The van der Waals surface area contributed by atoms with Gasteiger partial charge in [0.15, 0.2) is 0 Å². The van der Waals surface area contributed by atoms with Crippen molar-refractivity contribution in [1.82, 2.24) is 15.3 Å². The largest absolute Gasteiger partial charge is 0.338 e. The van der Waals surface area contributed by atoms with Gasteiger partial charge in [-0.3, -0.25) is 0 Å². The summed E-state index contributed by atoms with van der Waals surface area (Å²) in [5.41, 5.74) is 6.57. The van der Waals surface area contributed by atoms with Crippen molar-refractivity contribution in [2.45, 2.75) is 6.42 Å². The number of anilines is 1. The SMILES string of the molecule is NCCc1cnc(N2CCNCC2)nc1. The number of rotatable bonds is 3. The Labute approximate surface area is 89.7 Å². The second kappa shape index (κ2) is 5.04. The first-order valence-corrected chi connectivity index (χ1v) is 5.37. The van der Waals surface area contributed by atoms with Gasteiger partial charge in [0, 0.05) is 38.6 Å². The smallest absolute Gasteiger partial charge is 0.225 e. The number of piperazine rings is 1. The summed E-state index contributed by atoms with van der Waals surface area (Å²) in [6.45, 7) is 4.63. The molecule has 1 saturated heterocycles. The van der Waals surface area contributed by atoms with Crippen molar-refractivity contribution >= 4 is 5.95 Å². The standard InChI is InChI=1S/C10H17N5/c11-2-1-9-7-13-10(14-8-9)15-5-3-12-4-6-15/h7-8,12H,1-6,11H2. The maximum atomic E-state index is 5.47. The summed E-state index contributed by atoms with van der Waals surface area (Å²) < 4.78 is 0. The van der Waals surface area contributed by atoms with Gasteiger partial charge >= 0.3 is 0 Å². The topological polar surface area (TPSA) is 67.1 Å². The minimum Gasteiger partial charge on any atom is -0.338 e. The molecule has 0 amide bonds. The Bertz CT molecular complexity index is 291. The second-order valence-electron chi connectivity index (χ2n) is 3.67. The summed E-state index contributed by atoms with van der Waals surface area (Å²) in [6.07, 6.45) is 4.59. The Morgan fingerprint density at radius 3 is 2.53 bits per heavy atom. The second-order valence-corrected chi connectivity index (χ2v) is 3.67. The van der Waals surface area contributed by atoms with Crippen molar-refractivity contribution < 1.29 is 0 Å². The summed E-state index contributed by atoms with van der Waals surface area (Å²) >= 11 is 0. The number of nitrogens with two attached hydrogens (primary N) is 1. The number of hydrogen-bond donors (Lipinski definition) is 2. The highest BCUT2D eigenvalue weighted by Crippen LogP contribution is 2.07. The fourth-order valence-corrected chi connectivity index (χ4v) is 1.67. The fraction of sp³-hybridized carbons (Fsp3) is 0.600. The molecule has 5 nitrogen and oxygen atoms in total. The molecule has 2 heterocycles. The molecular formula is C10H17N5. The molecule has 1 aliphatic heterocycles. The highest BCUT2D eigenvalue weighted by molar-refractivity contribution is 5.30. The van der Waals surface area contributed by atoms with Gasteiger partial charge in [0.25, 0.3) is 0 Å². The van der Waals surface area contributed by atoms with Crippen LogP contribution < -0.4 is 16.0 Å². The van der Waals surface area contributed by atoms with Crippen LogP contribution in [-0.2, 0) is 6.42 Å². The van der Waals surface area contributed by atoms with Crippen molar-refractivity contribution in [3.05, 3.63) is 18.0 Å². The molecule has 0 radical (unpaired) electrons. The lowest BCUT2D eigenvalue weighted by molar-refractivity contribution is 0.579. The van der Waals surface area contributed by atoms with Gasteiger partial charge in [-0.2, -0.15) is 0 Å². The normalized spacial score (nSPS) is 16.7. The van der Waals surface area contributed by atoms with Crippen molar-refractivity contribution in [2.24, 2.45) is 5.73 Å². The fourth-order valence-electron chi connectivity index (χ4n) is 1.67. The molecule has 15 heavy (non-hydrogen) atoms. The maximum Gasteiger partial charge on any atom is 0.225 e. The monoisotopic (exact) mass is 207 g/mol. The Hall–Kier alpha value is -1.20. The minimum absolute atomic E-state index is 0.649. The third-order valence-corrected chi connectivity index (χ3v) is 2.52. The predicted octanol–water partition coefficient (Wildman–Crippen LogP) is -0.613. The van der Waals surface area contributed by atoms with Gasteiger partial charge in [-0.05, 0) is 18.5 Å². The molecule has 1 aromatic rings. The summed E-state index contributed by atoms with van der Waals surface area (Å²) in [7, 11) is 0. The van der Waals surface area contributed by atoms with Gasteiger partial charge in [-0.1, -0.05) is 0 Å². The van der Waals surface area contributed by atoms with Crippen LogP contribution in [0.15, 0.2) is 12.4 Å². The Morgan fingerprint density at radius 2 is 1.93 bits per heavy atom. The Balaban J connectivity index is 2.02. The van der Waals surface area contributed by atoms with Gasteiger partial charge in [-0.25, -0.2) is 9.97 Å². The molecule has 1 aliphatic rings.